The van der Waals surface area contributed by atoms with Gasteiger partial charge >= 0.3 is 5.97 Å². The Hall–Kier alpha value is -0.830. The van der Waals surface area contributed by atoms with Crippen LogP contribution in [0.5, 0.6) is 0 Å². The van der Waals surface area contributed by atoms with Gasteiger partial charge in [0.25, 0.3) is 0 Å². The molecule has 2 atom stereocenters. The molecule has 16 heavy (non-hydrogen) atoms. The summed E-state index contributed by atoms with van der Waals surface area (Å²) in [6.45, 7) is 7.73. The molecule has 3 heteroatoms. The van der Waals surface area contributed by atoms with Gasteiger partial charge < -0.3 is 9.84 Å². The Kier molecular flexibility index (Phi) is 4.54. The number of aliphatic hydroxyl groups is 1. The lowest BCUT2D eigenvalue weighted by Crippen LogP contribution is -2.40. The summed E-state index contributed by atoms with van der Waals surface area (Å²) >= 11 is 0. The third-order valence-electron chi connectivity index (χ3n) is 3.76. The summed E-state index contributed by atoms with van der Waals surface area (Å²) in [6, 6.07) is 0. The van der Waals surface area contributed by atoms with Crippen molar-refractivity contribution in [3.05, 3.63) is 12.2 Å². The highest BCUT2D eigenvalue weighted by molar-refractivity contribution is 5.86. The van der Waals surface area contributed by atoms with Crippen LogP contribution in [0.25, 0.3) is 0 Å². The van der Waals surface area contributed by atoms with Gasteiger partial charge in [0, 0.05) is 11.0 Å². The molecule has 1 N–H and O–H groups in total. The van der Waals surface area contributed by atoms with Crippen LogP contribution in [-0.4, -0.2) is 24.3 Å². The Bertz CT molecular complexity index is 272. The third-order valence-corrected chi connectivity index (χ3v) is 3.76. The van der Waals surface area contributed by atoms with Gasteiger partial charge in [-0.15, -0.1) is 0 Å². The van der Waals surface area contributed by atoms with Crippen LogP contribution in [0.3, 0.4) is 0 Å². The van der Waals surface area contributed by atoms with Crippen LogP contribution in [0.2, 0.25) is 0 Å². The molecule has 2 unspecified atom stereocenters. The molecule has 0 bridgehead atoms. The predicted molar refractivity (Wildman–Crippen MR) is 62.9 cm³/mol. The molecule has 0 spiro atoms. The molecule has 0 aromatic rings. The second-order valence-electron chi connectivity index (χ2n) is 5.02. The standard InChI is InChI=1S/C13H22O3/c1-10(2)12(15)16-9-13(8-14)7-5-4-6-11(13)3/h11,14H,1,4-9H2,2-3H3. The molecule has 0 aromatic carbocycles. The van der Waals surface area contributed by atoms with Gasteiger partial charge in [-0.2, -0.15) is 0 Å². The maximum absolute atomic E-state index is 11.3. The van der Waals surface area contributed by atoms with E-state index < -0.39 is 0 Å². The van der Waals surface area contributed by atoms with Crippen LogP contribution >= 0.6 is 0 Å². The number of esters is 1. The molecule has 0 heterocycles. The van der Waals surface area contributed by atoms with E-state index >= 15 is 0 Å². The fourth-order valence-electron chi connectivity index (χ4n) is 2.31. The van der Waals surface area contributed by atoms with Crippen LogP contribution in [-0.2, 0) is 9.53 Å². The highest BCUT2D eigenvalue weighted by Crippen LogP contribution is 2.41. The zero-order valence-corrected chi connectivity index (χ0v) is 10.3. The predicted octanol–water partition coefficient (Wildman–Crippen LogP) is 2.29. The molecule has 1 saturated carbocycles. The first kappa shape index (κ1) is 13.2. The van der Waals surface area contributed by atoms with E-state index in [2.05, 4.69) is 13.5 Å². The van der Waals surface area contributed by atoms with Gasteiger partial charge in [-0.1, -0.05) is 26.3 Å². The summed E-state index contributed by atoms with van der Waals surface area (Å²) in [7, 11) is 0. The molecule has 3 nitrogen and oxygen atoms in total. The van der Waals surface area contributed by atoms with Gasteiger partial charge in [-0.3, -0.25) is 0 Å². The third kappa shape index (κ3) is 2.85. The topological polar surface area (TPSA) is 46.5 Å². The zero-order valence-electron chi connectivity index (χ0n) is 10.3. The van der Waals surface area contributed by atoms with Gasteiger partial charge in [-0.05, 0) is 25.7 Å². The molecule has 1 aliphatic carbocycles. The minimum Gasteiger partial charge on any atom is -0.462 e. The van der Waals surface area contributed by atoms with Crippen LogP contribution < -0.4 is 0 Å². The first-order valence-corrected chi connectivity index (χ1v) is 5.95. The van der Waals surface area contributed by atoms with Crippen molar-refractivity contribution in [2.24, 2.45) is 11.3 Å². The van der Waals surface area contributed by atoms with Crippen molar-refractivity contribution >= 4 is 5.97 Å². The number of hydrogen-bond donors (Lipinski definition) is 1. The van der Waals surface area contributed by atoms with Gasteiger partial charge in [0.15, 0.2) is 0 Å². The summed E-state index contributed by atoms with van der Waals surface area (Å²) in [4.78, 5) is 11.3. The second-order valence-corrected chi connectivity index (χ2v) is 5.02. The lowest BCUT2D eigenvalue weighted by atomic mass is 9.68. The highest BCUT2D eigenvalue weighted by Gasteiger charge is 2.38. The van der Waals surface area contributed by atoms with Crippen molar-refractivity contribution in [3.8, 4) is 0 Å². The quantitative estimate of drug-likeness (QED) is 0.591. The SMILES string of the molecule is C=C(C)C(=O)OCC1(CO)CCCCC1C. The van der Waals surface area contributed by atoms with Crippen LogP contribution in [0.15, 0.2) is 12.2 Å². The van der Waals surface area contributed by atoms with E-state index in [0.29, 0.717) is 18.1 Å². The summed E-state index contributed by atoms with van der Waals surface area (Å²) in [6.07, 6.45) is 4.35. The number of carbonyl (C=O) groups excluding carboxylic acids is 1. The van der Waals surface area contributed by atoms with E-state index in [4.69, 9.17) is 4.74 Å². The van der Waals surface area contributed by atoms with Crippen molar-refractivity contribution in [1.82, 2.24) is 0 Å². The van der Waals surface area contributed by atoms with E-state index in [1.54, 1.807) is 6.92 Å². The molecule has 0 aliphatic heterocycles. The number of carbonyl (C=O) groups is 1. The fraction of sp³-hybridized carbons (Fsp3) is 0.769. The number of aliphatic hydroxyl groups excluding tert-OH is 1. The Morgan fingerprint density at radius 3 is 2.75 bits per heavy atom. The first-order chi connectivity index (χ1) is 7.52. The van der Waals surface area contributed by atoms with Gasteiger partial charge in [0.05, 0.1) is 13.2 Å². The molecule has 1 rings (SSSR count). The second kappa shape index (κ2) is 5.48. The lowest BCUT2D eigenvalue weighted by molar-refractivity contribution is -0.146. The average molecular weight is 226 g/mol. The van der Waals surface area contributed by atoms with E-state index in [-0.39, 0.29) is 18.0 Å². The lowest BCUT2D eigenvalue weighted by Gasteiger charge is -2.40. The maximum Gasteiger partial charge on any atom is 0.333 e. The van der Waals surface area contributed by atoms with Crippen LogP contribution in [0.1, 0.15) is 39.5 Å². The van der Waals surface area contributed by atoms with Gasteiger partial charge in [-0.25, -0.2) is 4.79 Å². The monoisotopic (exact) mass is 226 g/mol. The van der Waals surface area contributed by atoms with Gasteiger partial charge in [0.1, 0.15) is 0 Å². The summed E-state index contributed by atoms with van der Waals surface area (Å²) in [5.74, 6) is 0.0507. The largest absolute Gasteiger partial charge is 0.462 e. The molecule has 1 fully saturated rings. The van der Waals surface area contributed by atoms with E-state index in [1.807, 2.05) is 0 Å². The molecule has 0 amide bonds. The zero-order chi connectivity index (χ0) is 12.2. The molecular weight excluding hydrogens is 204 g/mol. The van der Waals surface area contributed by atoms with Crippen molar-refractivity contribution in [3.63, 3.8) is 0 Å². The molecule has 0 radical (unpaired) electrons. The van der Waals surface area contributed by atoms with Crippen molar-refractivity contribution in [1.29, 1.82) is 0 Å². The van der Waals surface area contributed by atoms with Crippen LogP contribution in [0.4, 0.5) is 0 Å². The fourth-order valence-corrected chi connectivity index (χ4v) is 2.31. The molecule has 92 valence electrons. The highest BCUT2D eigenvalue weighted by atomic mass is 16.5. The normalized spacial score (nSPS) is 29.8. The number of hydrogen-bond acceptors (Lipinski definition) is 3. The van der Waals surface area contributed by atoms with Crippen molar-refractivity contribution in [2.75, 3.05) is 13.2 Å². The van der Waals surface area contributed by atoms with E-state index in [9.17, 15) is 9.90 Å². The molecular formula is C13H22O3. The molecule has 0 aromatic heterocycles. The number of rotatable bonds is 4. The Morgan fingerprint density at radius 1 is 1.56 bits per heavy atom. The Labute approximate surface area is 97.5 Å². The van der Waals surface area contributed by atoms with Crippen molar-refractivity contribution in [2.45, 2.75) is 39.5 Å². The maximum atomic E-state index is 11.3. The minimum atomic E-state index is -0.356. The molecule has 1 aliphatic rings. The van der Waals surface area contributed by atoms with Crippen LogP contribution in [0, 0.1) is 11.3 Å². The summed E-state index contributed by atoms with van der Waals surface area (Å²) < 4.78 is 5.21. The average Bonchev–Trinajstić information content (AvgIpc) is 2.28. The van der Waals surface area contributed by atoms with Gasteiger partial charge in [0.2, 0.25) is 0 Å². The van der Waals surface area contributed by atoms with E-state index in [1.165, 1.54) is 6.42 Å². The minimum absolute atomic E-state index is 0.0949. The van der Waals surface area contributed by atoms with Crippen molar-refractivity contribution < 1.29 is 14.6 Å². The Morgan fingerprint density at radius 2 is 2.25 bits per heavy atom. The summed E-state index contributed by atoms with van der Waals surface area (Å²) in [5, 5.41) is 9.55. The molecule has 0 saturated heterocycles. The van der Waals surface area contributed by atoms with E-state index in [0.717, 1.165) is 19.3 Å². The first-order valence-electron chi connectivity index (χ1n) is 5.95. The number of ether oxygens (including phenoxy) is 1. The smallest absolute Gasteiger partial charge is 0.333 e. The summed E-state index contributed by atoms with van der Waals surface area (Å²) in [5.41, 5.74) is 0.181. The Balaban J connectivity index is 2.59.